The van der Waals surface area contributed by atoms with Crippen LogP contribution in [0.5, 0.6) is 5.88 Å². The van der Waals surface area contributed by atoms with E-state index in [-0.39, 0.29) is 6.61 Å². The molecule has 0 unspecified atom stereocenters. The first kappa shape index (κ1) is 17.2. The molecule has 0 bridgehead atoms. The quantitative estimate of drug-likeness (QED) is 0.714. The normalized spacial score (nSPS) is 16.6. The number of allylic oxidation sites excluding steroid dienone is 4. The smallest absolute Gasteiger partial charge is 0.232 e. The molecule has 28 heavy (non-hydrogen) atoms. The molecule has 1 saturated carbocycles. The van der Waals surface area contributed by atoms with Gasteiger partial charge in [-0.05, 0) is 37.3 Å². The number of aliphatic hydroxyl groups is 1. The first-order valence-corrected chi connectivity index (χ1v) is 9.73. The molecule has 0 spiro atoms. The van der Waals surface area contributed by atoms with Gasteiger partial charge in [0.15, 0.2) is 5.65 Å². The van der Waals surface area contributed by atoms with Crippen LogP contribution in [0.25, 0.3) is 11.2 Å². The van der Waals surface area contributed by atoms with Gasteiger partial charge in [0.1, 0.15) is 12.4 Å². The van der Waals surface area contributed by atoms with Crippen LogP contribution in [0.2, 0.25) is 0 Å². The Labute approximate surface area is 163 Å². The molecule has 0 saturated heterocycles. The van der Waals surface area contributed by atoms with Gasteiger partial charge < -0.3 is 14.4 Å². The number of aliphatic hydroxyl groups excluding tert-OH is 1. The lowest BCUT2D eigenvalue weighted by molar-refractivity contribution is 0.264. The van der Waals surface area contributed by atoms with Crippen LogP contribution in [-0.2, 0) is 20.3 Å². The summed E-state index contributed by atoms with van der Waals surface area (Å²) in [6.45, 7) is 0.256. The number of aromatic nitrogens is 5. The van der Waals surface area contributed by atoms with Crippen LogP contribution in [0.3, 0.4) is 0 Å². The third-order valence-electron chi connectivity index (χ3n) is 5.36. The predicted octanol–water partition coefficient (Wildman–Crippen LogP) is 3.14. The maximum Gasteiger partial charge on any atom is 0.232 e. The molecule has 0 radical (unpaired) electrons. The van der Waals surface area contributed by atoms with E-state index in [2.05, 4.69) is 28.3 Å². The van der Waals surface area contributed by atoms with E-state index in [1.165, 1.54) is 5.57 Å². The van der Waals surface area contributed by atoms with E-state index in [1.54, 1.807) is 4.52 Å². The third kappa shape index (κ3) is 3.11. The van der Waals surface area contributed by atoms with E-state index >= 15 is 0 Å². The summed E-state index contributed by atoms with van der Waals surface area (Å²) < 4.78 is 9.60. The summed E-state index contributed by atoms with van der Waals surface area (Å²) in [6, 6.07) is 3.70. The highest BCUT2D eigenvalue weighted by molar-refractivity contribution is 5.65. The van der Waals surface area contributed by atoms with E-state index < -0.39 is 0 Å². The second-order valence-electron chi connectivity index (χ2n) is 7.42. The van der Waals surface area contributed by atoms with Crippen LogP contribution >= 0.6 is 0 Å². The van der Waals surface area contributed by atoms with Gasteiger partial charge in [-0.3, -0.25) is 0 Å². The van der Waals surface area contributed by atoms with Crippen LogP contribution in [0.4, 0.5) is 0 Å². The highest BCUT2D eigenvalue weighted by atomic mass is 16.5. The second-order valence-corrected chi connectivity index (χ2v) is 7.42. The van der Waals surface area contributed by atoms with Gasteiger partial charge in [0.2, 0.25) is 5.88 Å². The molecule has 7 nitrogen and oxygen atoms in total. The van der Waals surface area contributed by atoms with Crippen molar-refractivity contribution in [2.75, 3.05) is 0 Å². The van der Waals surface area contributed by atoms with Crippen molar-refractivity contribution >= 4 is 11.2 Å². The molecule has 3 aromatic rings. The first-order chi connectivity index (χ1) is 13.7. The van der Waals surface area contributed by atoms with Crippen molar-refractivity contribution in [3.63, 3.8) is 0 Å². The summed E-state index contributed by atoms with van der Waals surface area (Å²) in [7, 11) is 1.98. The SMILES string of the molecule is Cn1cc(C2=CC=CCC2)nc1COc1ccc2nc(C3CC3)c(CO)n2n1. The van der Waals surface area contributed by atoms with Crippen molar-refractivity contribution in [2.24, 2.45) is 7.05 Å². The van der Waals surface area contributed by atoms with Crippen molar-refractivity contribution in [3.05, 3.63) is 59.5 Å². The van der Waals surface area contributed by atoms with Crippen LogP contribution in [0.1, 0.15) is 54.5 Å². The van der Waals surface area contributed by atoms with Gasteiger partial charge in [-0.2, -0.15) is 0 Å². The zero-order valence-electron chi connectivity index (χ0n) is 15.9. The molecule has 2 aliphatic rings. The van der Waals surface area contributed by atoms with Gasteiger partial charge >= 0.3 is 0 Å². The minimum atomic E-state index is -0.0737. The highest BCUT2D eigenvalue weighted by Gasteiger charge is 2.30. The summed E-state index contributed by atoms with van der Waals surface area (Å²) in [5.41, 5.74) is 4.73. The fourth-order valence-electron chi connectivity index (χ4n) is 3.64. The van der Waals surface area contributed by atoms with E-state index in [4.69, 9.17) is 9.72 Å². The minimum Gasteiger partial charge on any atom is -0.468 e. The van der Waals surface area contributed by atoms with Gasteiger partial charge in [0.05, 0.1) is 23.7 Å². The zero-order valence-corrected chi connectivity index (χ0v) is 15.9. The molecule has 144 valence electrons. The predicted molar refractivity (Wildman–Crippen MR) is 105 cm³/mol. The minimum absolute atomic E-state index is 0.0737. The molecule has 0 atom stereocenters. The number of aryl methyl sites for hydroxylation is 1. The van der Waals surface area contributed by atoms with Crippen molar-refractivity contribution in [2.45, 2.75) is 44.8 Å². The number of imidazole rings is 2. The third-order valence-corrected chi connectivity index (χ3v) is 5.36. The van der Waals surface area contributed by atoms with Crippen molar-refractivity contribution in [3.8, 4) is 5.88 Å². The summed E-state index contributed by atoms with van der Waals surface area (Å²) in [5.74, 6) is 1.80. The lowest BCUT2D eigenvalue weighted by Crippen LogP contribution is -2.06. The first-order valence-electron chi connectivity index (χ1n) is 9.73. The highest BCUT2D eigenvalue weighted by Crippen LogP contribution is 2.41. The topological polar surface area (TPSA) is 77.5 Å². The van der Waals surface area contributed by atoms with Gasteiger partial charge in [0, 0.05) is 25.2 Å². The van der Waals surface area contributed by atoms with E-state index in [0.29, 0.717) is 18.4 Å². The van der Waals surface area contributed by atoms with Crippen LogP contribution < -0.4 is 4.74 Å². The standard InChI is InChI=1S/C21H23N5O2/c1-25-11-16(14-5-3-2-4-6-14)22-19(25)13-28-20-10-9-18-23-21(15-7-8-15)17(12-27)26(18)24-20/h2-3,5,9-11,15,27H,4,6-8,12-13H2,1H3. The Morgan fingerprint density at radius 2 is 2.14 bits per heavy atom. The summed E-state index contributed by atoms with van der Waals surface area (Å²) in [5, 5.41) is 14.3. The van der Waals surface area contributed by atoms with Gasteiger partial charge in [-0.15, -0.1) is 5.10 Å². The molecule has 0 aromatic carbocycles. The average Bonchev–Trinajstić information content (AvgIpc) is 3.41. The molecule has 3 aromatic heterocycles. The van der Waals surface area contributed by atoms with Gasteiger partial charge in [0.25, 0.3) is 0 Å². The number of rotatable bonds is 6. The molecule has 1 fully saturated rings. The number of hydrogen-bond donors (Lipinski definition) is 1. The number of nitrogens with zero attached hydrogens (tertiary/aromatic N) is 5. The second kappa shape index (κ2) is 6.91. The monoisotopic (exact) mass is 377 g/mol. The summed E-state index contributed by atoms with van der Waals surface area (Å²) >= 11 is 0. The Bertz CT molecular complexity index is 1090. The van der Waals surface area contributed by atoms with Crippen LogP contribution in [0.15, 0.2) is 36.6 Å². The maximum absolute atomic E-state index is 9.78. The Morgan fingerprint density at radius 1 is 1.25 bits per heavy atom. The Hall–Kier alpha value is -2.93. The molecule has 1 N–H and O–H groups in total. The molecule has 0 amide bonds. The molecular weight excluding hydrogens is 354 g/mol. The lowest BCUT2D eigenvalue weighted by Gasteiger charge is -2.06. The van der Waals surface area contributed by atoms with Gasteiger partial charge in [-0.25, -0.2) is 14.5 Å². The number of fused-ring (bicyclic) bond motifs is 1. The lowest BCUT2D eigenvalue weighted by atomic mass is 10.0. The van der Waals surface area contributed by atoms with Crippen molar-refractivity contribution < 1.29 is 9.84 Å². The zero-order chi connectivity index (χ0) is 19.1. The van der Waals surface area contributed by atoms with Crippen LogP contribution in [-0.4, -0.2) is 29.3 Å². The molecule has 0 aliphatic heterocycles. The number of ether oxygens (including phenoxy) is 1. The molecule has 5 rings (SSSR count). The van der Waals surface area contributed by atoms with Crippen molar-refractivity contribution in [1.82, 2.24) is 24.1 Å². The Balaban J connectivity index is 1.36. The van der Waals surface area contributed by atoms with Crippen LogP contribution in [0, 0.1) is 0 Å². The van der Waals surface area contributed by atoms with E-state index in [0.717, 1.165) is 54.2 Å². The Kier molecular flexibility index (Phi) is 4.24. The van der Waals surface area contributed by atoms with Crippen molar-refractivity contribution in [1.29, 1.82) is 0 Å². The van der Waals surface area contributed by atoms with Gasteiger partial charge in [-0.1, -0.05) is 18.2 Å². The Morgan fingerprint density at radius 3 is 2.89 bits per heavy atom. The largest absolute Gasteiger partial charge is 0.468 e. The molecule has 3 heterocycles. The molecular formula is C21H23N5O2. The molecule has 2 aliphatic carbocycles. The molecule has 7 heteroatoms. The van der Waals surface area contributed by atoms with E-state index in [1.807, 2.05) is 29.9 Å². The fourth-order valence-corrected chi connectivity index (χ4v) is 3.64. The summed E-state index contributed by atoms with van der Waals surface area (Å²) in [6.07, 6.45) is 12.8. The summed E-state index contributed by atoms with van der Waals surface area (Å²) in [4.78, 5) is 9.36. The number of hydrogen-bond acceptors (Lipinski definition) is 5. The fraction of sp³-hybridized carbons (Fsp3) is 0.381. The average molecular weight is 377 g/mol. The van der Waals surface area contributed by atoms with E-state index in [9.17, 15) is 5.11 Å². The maximum atomic E-state index is 9.78.